The maximum atomic E-state index is 11.9. The lowest BCUT2D eigenvalue weighted by Crippen LogP contribution is -2.45. The number of carbonyl (C=O) groups is 2. The molecule has 1 aliphatic carbocycles. The third-order valence-electron chi connectivity index (χ3n) is 3.30. The summed E-state index contributed by atoms with van der Waals surface area (Å²) in [6.07, 6.45) is -2.91. The van der Waals surface area contributed by atoms with Gasteiger partial charge in [0.05, 0.1) is 11.8 Å². The third kappa shape index (κ3) is 4.96. The standard InChI is InChI=1S/C11H17F3N2O3/c12-11(13,14)5-6-15-9(19)16-7-10(8(17)18)3-1-2-4-10/h1-7H2,(H,17,18)(H2,15,16,19). The number of aliphatic carboxylic acids is 1. The fourth-order valence-electron chi connectivity index (χ4n) is 2.15. The minimum absolute atomic E-state index is 0.0554. The fourth-order valence-corrected chi connectivity index (χ4v) is 2.15. The molecule has 0 aliphatic heterocycles. The van der Waals surface area contributed by atoms with E-state index < -0.39 is 36.6 Å². The lowest BCUT2D eigenvalue weighted by atomic mass is 9.86. The van der Waals surface area contributed by atoms with Crippen LogP contribution in [0.25, 0.3) is 0 Å². The Labute approximate surface area is 108 Å². The maximum Gasteiger partial charge on any atom is 0.390 e. The van der Waals surface area contributed by atoms with E-state index in [1.165, 1.54) is 0 Å². The molecule has 0 radical (unpaired) electrons. The number of carbonyl (C=O) groups excluding carboxylic acids is 1. The lowest BCUT2D eigenvalue weighted by Gasteiger charge is -2.24. The number of amides is 2. The lowest BCUT2D eigenvalue weighted by molar-refractivity contribution is -0.148. The van der Waals surface area contributed by atoms with Gasteiger partial charge in [0, 0.05) is 13.1 Å². The van der Waals surface area contributed by atoms with Crippen molar-refractivity contribution in [3.05, 3.63) is 0 Å². The second kappa shape index (κ2) is 6.12. The number of halogens is 3. The van der Waals surface area contributed by atoms with Crippen molar-refractivity contribution in [1.29, 1.82) is 0 Å². The number of rotatable bonds is 5. The Kier molecular flexibility index (Phi) is 5.02. The number of hydrogen-bond donors (Lipinski definition) is 3. The minimum Gasteiger partial charge on any atom is -0.481 e. The summed E-state index contributed by atoms with van der Waals surface area (Å²) in [6.45, 7) is -0.574. The quantitative estimate of drug-likeness (QED) is 0.720. The van der Waals surface area contributed by atoms with E-state index in [0.717, 1.165) is 12.8 Å². The van der Waals surface area contributed by atoms with Crippen LogP contribution in [0.15, 0.2) is 0 Å². The van der Waals surface area contributed by atoms with Gasteiger partial charge in [0.2, 0.25) is 0 Å². The molecule has 1 aliphatic rings. The van der Waals surface area contributed by atoms with E-state index in [2.05, 4.69) is 10.6 Å². The van der Waals surface area contributed by atoms with Gasteiger partial charge in [-0.25, -0.2) is 4.79 Å². The van der Waals surface area contributed by atoms with Crippen molar-refractivity contribution in [2.24, 2.45) is 5.41 Å². The van der Waals surface area contributed by atoms with Crippen molar-refractivity contribution in [2.75, 3.05) is 13.1 Å². The molecule has 0 atom stereocenters. The molecule has 8 heteroatoms. The molecule has 1 fully saturated rings. The fraction of sp³-hybridized carbons (Fsp3) is 0.818. The normalized spacial score (nSPS) is 18.1. The first-order valence-corrected chi connectivity index (χ1v) is 6.07. The predicted molar refractivity (Wildman–Crippen MR) is 60.6 cm³/mol. The summed E-state index contributed by atoms with van der Waals surface area (Å²) < 4.78 is 35.6. The average Bonchev–Trinajstić information content (AvgIpc) is 2.74. The van der Waals surface area contributed by atoms with Crippen molar-refractivity contribution in [2.45, 2.75) is 38.3 Å². The Bertz CT molecular complexity index is 339. The minimum atomic E-state index is -4.32. The van der Waals surface area contributed by atoms with Gasteiger partial charge in [0.1, 0.15) is 0 Å². The predicted octanol–water partition coefficient (Wildman–Crippen LogP) is 1.88. The van der Waals surface area contributed by atoms with Crippen LogP contribution in [0.2, 0.25) is 0 Å². The molecule has 0 aromatic rings. The summed E-state index contributed by atoms with van der Waals surface area (Å²) in [6, 6.07) is -0.767. The molecule has 0 saturated heterocycles. The van der Waals surface area contributed by atoms with Crippen LogP contribution < -0.4 is 10.6 Å². The maximum absolute atomic E-state index is 11.9. The second-order valence-corrected chi connectivity index (χ2v) is 4.77. The monoisotopic (exact) mass is 282 g/mol. The second-order valence-electron chi connectivity index (χ2n) is 4.77. The smallest absolute Gasteiger partial charge is 0.390 e. The van der Waals surface area contributed by atoms with Gasteiger partial charge in [-0.3, -0.25) is 4.79 Å². The molecule has 1 saturated carbocycles. The largest absolute Gasteiger partial charge is 0.481 e. The number of carboxylic acid groups (broad SMARTS) is 1. The molecule has 0 heterocycles. The summed E-state index contributed by atoms with van der Waals surface area (Å²) in [4.78, 5) is 22.4. The number of alkyl halides is 3. The zero-order valence-electron chi connectivity index (χ0n) is 10.3. The molecule has 3 N–H and O–H groups in total. The number of nitrogens with one attached hydrogen (secondary N) is 2. The molecule has 0 unspecified atom stereocenters. The Balaban J connectivity index is 2.31. The molecule has 0 aromatic carbocycles. The summed E-state index contributed by atoms with van der Waals surface area (Å²) >= 11 is 0. The molecule has 19 heavy (non-hydrogen) atoms. The zero-order valence-corrected chi connectivity index (χ0v) is 10.3. The Morgan fingerprint density at radius 2 is 1.74 bits per heavy atom. The van der Waals surface area contributed by atoms with Gasteiger partial charge in [-0.1, -0.05) is 12.8 Å². The molecule has 2 amide bonds. The third-order valence-corrected chi connectivity index (χ3v) is 3.30. The zero-order chi connectivity index (χ0) is 14.5. The van der Waals surface area contributed by atoms with Gasteiger partial charge in [-0.2, -0.15) is 13.2 Å². The van der Waals surface area contributed by atoms with E-state index in [-0.39, 0.29) is 6.54 Å². The van der Waals surface area contributed by atoms with Crippen molar-refractivity contribution in [3.63, 3.8) is 0 Å². The highest BCUT2D eigenvalue weighted by Crippen LogP contribution is 2.37. The van der Waals surface area contributed by atoms with Crippen molar-refractivity contribution < 1.29 is 27.9 Å². The Morgan fingerprint density at radius 1 is 1.16 bits per heavy atom. The average molecular weight is 282 g/mol. The van der Waals surface area contributed by atoms with E-state index in [1.54, 1.807) is 0 Å². The van der Waals surface area contributed by atoms with E-state index in [0.29, 0.717) is 12.8 Å². The van der Waals surface area contributed by atoms with Crippen LogP contribution in [0.5, 0.6) is 0 Å². The Hall–Kier alpha value is -1.47. The molecule has 5 nitrogen and oxygen atoms in total. The van der Waals surface area contributed by atoms with E-state index >= 15 is 0 Å². The van der Waals surface area contributed by atoms with Gasteiger partial charge in [-0.05, 0) is 12.8 Å². The molecule has 0 bridgehead atoms. The Morgan fingerprint density at radius 3 is 2.21 bits per heavy atom. The van der Waals surface area contributed by atoms with E-state index in [4.69, 9.17) is 5.11 Å². The molecule has 110 valence electrons. The van der Waals surface area contributed by atoms with Crippen LogP contribution in [0.4, 0.5) is 18.0 Å². The van der Waals surface area contributed by atoms with Crippen molar-refractivity contribution >= 4 is 12.0 Å². The molecule has 1 rings (SSSR count). The number of urea groups is 1. The first-order valence-electron chi connectivity index (χ1n) is 6.07. The molecular weight excluding hydrogens is 265 g/mol. The first-order chi connectivity index (χ1) is 8.75. The van der Waals surface area contributed by atoms with Gasteiger partial charge in [0.25, 0.3) is 0 Å². The van der Waals surface area contributed by atoms with Crippen LogP contribution in [0.3, 0.4) is 0 Å². The summed E-state index contributed by atoms with van der Waals surface area (Å²) in [7, 11) is 0. The highest BCUT2D eigenvalue weighted by Gasteiger charge is 2.41. The highest BCUT2D eigenvalue weighted by atomic mass is 19.4. The van der Waals surface area contributed by atoms with Crippen LogP contribution in [-0.4, -0.2) is 36.4 Å². The molecule has 0 spiro atoms. The van der Waals surface area contributed by atoms with Crippen LogP contribution in [0, 0.1) is 5.41 Å². The topological polar surface area (TPSA) is 78.4 Å². The van der Waals surface area contributed by atoms with Gasteiger partial charge in [-0.15, -0.1) is 0 Å². The molecular formula is C11H17F3N2O3. The number of carboxylic acids is 1. The van der Waals surface area contributed by atoms with Crippen LogP contribution in [0.1, 0.15) is 32.1 Å². The summed E-state index contributed by atoms with van der Waals surface area (Å²) in [5, 5.41) is 13.5. The van der Waals surface area contributed by atoms with Crippen LogP contribution in [-0.2, 0) is 4.79 Å². The van der Waals surface area contributed by atoms with Gasteiger partial charge < -0.3 is 15.7 Å². The highest BCUT2D eigenvalue weighted by molar-refractivity contribution is 5.78. The summed E-state index contributed by atoms with van der Waals surface area (Å²) in [5.74, 6) is -0.972. The number of hydrogen-bond acceptors (Lipinski definition) is 2. The van der Waals surface area contributed by atoms with Gasteiger partial charge in [0.15, 0.2) is 0 Å². The summed E-state index contributed by atoms with van der Waals surface area (Å²) in [5.41, 5.74) is -0.971. The molecule has 0 aromatic heterocycles. The SMILES string of the molecule is O=C(NCCC(F)(F)F)NCC1(C(=O)O)CCCC1. The van der Waals surface area contributed by atoms with Crippen molar-refractivity contribution in [1.82, 2.24) is 10.6 Å². The van der Waals surface area contributed by atoms with Crippen molar-refractivity contribution in [3.8, 4) is 0 Å². The first kappa shape index (κ1) is 15.6. The van der Waals surface area contributed by atoms with Crippen LogP contribution >= 0.6 is 0 Å². The van der Waals surface area contributed by atoms with E-state index in [1.807, 2.05) is 0 Å². The van der Waals surface area contributed by atoms with Gasteiger partial charge >= 0.3 is 18.2 Å². The van der Waals surface area contributed by atoms with E-state index in [9.17, 15) is 22.8 Å².